The molecule has 0 bridgehead atoms. The largest absolute Gasteiger partial charge is 0.478 e. The van der Waals surface area contributed by atoms with Gasteiger partial charge in [-0.2, -0.15) is 0 Å². The van der Waals surface area contributed by atoms with Gasteiger partial charge in [-0.15, -0.1) is 0 Å². The average molecular weight is 408 g/mol. The van der Waals surface area contributed by atoms with Gasteiger partial charge in [0.2, 0.25) is 0 Å². The number of aromatic nitrogens is 1. The van der Waals surface area contributed by atoms with Gasteiger partial charge in [0.1, 0.15) is 5.69 Å². The van der Waals surface area contributed by atoms with Crippen molar-refractivity contribution in [2.45, 2.75) is 26.8 Å². The standard InChI is InChI=1S/C24H28N2O4/c1-3-29-12-11-17(2)15-25-16-18-7-9-19(10-8-18)23-14-22(26-30-23)20-5-4-6-21(13-20)24(27)28/h4-10,13-14,17,25H,3,11-12,15-16H2,1-2H3,(H,27,28). The Morgan fingerprint density at radius 2 is 1.97 bits per heavy atom. The smallest absolute Gasteiger partial charge is 0.335 e. The van der Waals surface area contributed by atoms with Gasteiger partial charge in [0.15, 0.2) is 5.76 Å². The van der Waals surface area contributed by atoms with E-state index in [4.69, 9.17) is 14.4 Å². The van der Waals surface area contributed by atoms with Crippen LogP contribution in [-0.4, -0.2) is 36.0 Å². The summed E-state index contributed by atoms with van der Waals surface area (Å²) in [5.41, 5.74) is 3.67. The fourth-order valence-corrected chi connectivity index (χ4v) is 3.14. The van der Waals surface area contributed by atoms with Gasteiger partial charge in [-0.25, -0.2) is 4.79 Å². The van der Waals surface area contributed by atoms with E-state index < -0.39 is 5.97 Å². The van der Waals surface area contributed by atoms with E-state index in [9.17, 15) is 4.79 Å². The lowest BCUT2D eigenvalue weighted by Crippen LogP contribution is -2.21. The quantitative estimate of drug-likeness (QED) is 0.441. The first-order valence-electron chi connectivity index (χ1n) is 10.2. The molecule has 0 aliphatic rings. The van der Waals surface area contributed by atoms with Crippen molar-refractivity contribution in [2.24, 2.45) is 5.92 Å². The second-order valence-electron chi connectivity index (χ2n) is 7.38. The van der Waals surface area contributed by atoms with Crippen LogP contribution in [0.2, 0.25) is 0 Å². The van der Waals surface area contributed by atoms with E-state index >= 15 is 0 Å². The Hall–Kier alpha value is -2.96. The maximum atomic E-state index is 11.2. The molecule has 2 aromatic carbocycles. The molecule has 1 heterocycles. The number of hydrogen-bond donors (Lipinski definition) is 2. The molecule has 0 aliphatic heterocycles. The first kappa shape index (κ1) is 21.7. The van der Waals surface area contributed by atoms with Gasteiger partial charge in [-0.05, 0) is 43.5 Å². The first-order chi connectivity index (χ1) is 14.6. The van der Waals surface area contributed by atoms with Crippen molar-refractivity contribution < 1.29 is 19.2 Å². The Balaban J connectivity index is 1.57. The van der Waals surface area contributed by atoms with Gasteiger partial charge in [-0.1, -0.05) is 48.5 Å². The molecule has 3 aromatic rings. The number of carboxylic acid groups (broad SMARTS) is 1. The Labute approximate surface area is 176 Å². The fourth-order valence-electron chi connectivity index (χ4n) is 3.14. The Morgan fingerprint density at radius 3 is 2.70 bits per heavy atom. The topological polar surface area (TPSA) is 84.6 Å². The molecule has 0 spiro atoms. The van der Waals surface area contributed by atoms with Crippen molar-refractivity contribution in [1.29, 1.82) is 0 Å². The van der Waals surface area contributed by atoms with Crippen LogP contribution in [0.3, 0.4) is 0 Å². The fraction of sp³-hybridized carbons (Fsp3) is 0.333. The monoisotopic (exact) mass is 408 g/mol. The number of rotatable bonds is 11. The lowest BCUT2D eigenvalue weighted by atomic mass is 10.1. The SMILES string of the molecule is CCOCCC(C)CNCc1ccc(-c2cc(-c3cccc(C(=O)O)c3)no2)cc1. The van der Waals surface area contributed by atoms with Gasteiger partial charge in [-0.3, -0.25) is 0 Å². The minimum atomic E-state index is -0.964. The minimum Gasteiger partial charge on any atom is -0.478 e. The molecule has 1 aromatic heterocycles. The maximum Gasteiger partial charge on any atom is 0.335 e. The van der Waals surface area contributed by atoms with Crippen molar-refractivity contribution in [3.63, 3.8) is 0 Å². The van der Waals surface area contributed by atoms with Crippen molar-refractivity contribution in [2.75, 3.05) is 19.8 Å². The Morgan fingerprint density at radius 1 is 1.17 bits per heavy atom. The number of benzene rings is 2. The minimum absolute atomic E-state index is 0.223. The van der Waals surface area contributed by atoms with Crippen LogP contribution in [0.5, 0.6) is 0 Å². The summed E-state index contributed by atoms with van der Waals surface area (Å²) < 4.78 is 10.9. The normalized spacial score (nSPS) is 12.1. The van der Waals surface area contributed by atoms with Gasteiger partial charge < -0.3 is 19.7 Å². The third-order valence-electron chi connectivity index (χ3n) is 4.93. The van der Waals surface area contributed by atoms with Gasteiger partial charge in [0.25, 0.3) is 0 Å². The molecule has 0 radical (unpaired) electrons. The summed E-state index contributed by atoms with van der Waals surface area (Å²) >= 11 is 0. The molecular formula is C24H28N2O4. The summed E-state index contributed by atoms with van der Waals surface area (Å²) in [5.74, 6) is 0.256. The molecule has 2 N–H and O–H groups in total. The van der Waals surface area contributed by atoms with Gasteiger partial charge in [0.05, 0.1) is 5.56 Å². The molecule has 30 heavy (non-hydrogen) atoms. The third-order valence-corrected chi connectivity index (χ3v) is 4.93. The predicted octanol–water partition coefficient (Wildman–Crippen LogP) is 4.86. The maximum absolute atomic E-state index is 11.2. The lowest BCUT2D eigenvalue weighted by Gasteiger charge is -2.12. The van der Waals surface area contributed by atoms with E-state index in [2.05, 4.69) is 29.5 Å². The number of carbonyl (C=O) groups is 1. The molecule has 6 nitrogen and oxygen atoms in total. The zero-order valence-electron chi connectivity index (χ0n) is 17.4. The molecule has 3 rings (SSSR count). The number of carboxylic acids is 1. The van der Waals surface area contributed by atoms with E-state index in [0.717, 1.165) is 38.3 Å². The number of ether oxygens (including phenoxy) is 1. The highest BCUT2D eigenvalue weighted by atomic mass is 16.5. The predicted molar refractivity (Wildman–Crippen MR) is 116 cm³/mol. The van der Waals surface area contributed by atoms with Gasteiger partial charge >= 0.3 is 5.97 Å². The van der Waals surface area contributed by atoms with Crippen molar-refractivity contribution in [1.82, 2.24) is 10.5 Å². The van der Waals surface area contributed by atoms with Gasteiger partial charge in [0, 0.05) is 37.0 Å². The molecule has 6 heteroatoms. The van der Waals surface area contributed by atoms with Crippen LogP contribution in [0.1, 0.15) is 36.2 Å². The first-order valence-corrected chi connectivity index (χ1v) is 10.2. The third kappa shape index (κ3) is 6.02. The molecule has 0 fully saturated rings. The van der Waals surface area contributed by atoms with Crippen LogP contribution < -0.4 is 5.32 Å². The molecular weight excluding hydrogens is 380 g/mol. The number of aromatic carboxylic acids is 1. The van der Waals surface area contributed by atoms with Crippen molar-refractivity contribution >= 4 is 5.97 Å². The summed E-state index contributed by atoms with van der Waals surface area (Å²) in [7, 11) is 0. The van der Waals surface area contributed by atoms with E-state index in [1.165, 1.54) is 5.56 Å². The molecule has 1 atom stereocenters. The Bertz CT molecular complexity index is 950. The highest BCUT2D eigenvalue weighted by Crippen LogP contribution is 2.26. The number of nitrogens with zero attached hydrogens (tertiary/aromatic N) is 1. The molecule has 0 saturated heterocycles. The van der Waals surface area contributed by atoms with Crippen molar-refractivity contribution in [3.8, 4) is 22.6 Å². The zero-order valence-corrected chi connectivity index (χ0v) is 17.4. The summed E-state index contributed by atoms with van der Waals surface area (Å²) in [6.07, 6.45) is 1.06. The summed E-state index contributed by atoms with van der Waals surface area (Å²) in [6, 6.07) is 16.6. The second-order valence-corrected chi connectivity index (χ2v) is 7.38. The highest BCUT2D eigenvalue weighted by Gasteiger charge is 2.11. The van der Waals surface area contributed by atoms with Crippen LogP contribution in [-0.2, 0) is 11.3 Å². The van der Waals surface area contributed by atoms with Crippen molar-refractivity contribution in [3.05, 3.63) is 65.7 Å². The second kappa shape index (κ2) is 10.7. The molecule has 0 amide bonds. The number of nitrogens with one attached hydrogen (secondary N) is 1. The zero-order chi connectivity index (χ0) is 21.3. The van der Waals surface area contributed by atoms with E-state index in [1.54, 1.807) is 18.2 Å². The van der Waals surface area contributed by atoms with Crippen LogP contribution >= 0.6 is 0 Å². The Kier molecular flexibility index (Phi) is 7.76. The van der Waals surface area contributed by atoms with Crippen LogP contribution in [0.4, 0.5) is 0 Å². The van der Waals surface area contributed by atoms with E-state index in [0.29, 0.717) is 22.9 Å². The lowest BCUT2D eigenvalue weighted by molar-refractivity contribution is 0.0697. The van der Waals surface area contributed by atoms with Crippen LogP contribution in [0, 0.1) is 5.92 Å². The molecule has 0 saturated carbocycles. The average Bonchev–Trinajstić information content (AvgIpc) is 3.25. The summed E-state index contributed by atoms with van der Waals surface area (Å²) in [6.45, 7) is 7.59. The van der Waals surface area contributed by atoms with Crippen LogP contribution in [0.15, 0.2) is 59.1 Å². The highest BCUT2D eigenvalue weighted by molar-refractivity contribution is 5.89. The number of hydrogen-bond acceptors (Lipinski definition) is 5. The molecule has 0 aliphatic carbocycles. The molecule has 1 unspecified atom stereocenters. The van der Waals surface area contributed by atoms with Crippen LogP contribution in [0.25, 0.3) is 22.6 Å². The van der Waals surface area contributed by atoms with E-state index in [-0.39, 0.29) is 5.56 Å². The molecule has 158 valence electrons. The summed E-state index contributed by atoms with van der Waals surface area (Å²) in [5, 5.41) is 16.7. The van der Waals surface area contributed by atoms with E-state index in [1.807, 2.05) is 31.2 Å². The summed E-state index contributed by atoms with van der Waals surface area (Å²) in [4.78, 5) is 11.2.